The second-order valence-corrected chi connectivity index (χ2v) is 7.40. The Kier molecular flexibility index (Phi) is 8.59. The molecule has 1 fully saturated rings. The molecule has 1 aliphatic heterocycles. The summed E-state index contributed by atoms with van der Waals surface area (Å²) in [5.74, 6) is 0. The number of aliphatic imine (C=N–C) groups is 1. The topological polar surface area (TPSA) is 30.9 Å². The molecule has 0 amide bonds. The number of nitrogens with zero attached hydrogens (tertiary/aromatic N) is 3. The summed E-state index contributed by atoms with van der Waals surface area (Å²) in [7, 11) is 1.89. The number of hydrogen-bond acceptors (Lipinski definition) is 4. The third kappa shape index (κ3) is 7.14. The van der Waals surface area contributed by atoms with E-state index in [9.17, 15) is 0 Å². The standard InChI is InChI=1S/C22H34N4/c1-22(2,20-24-14-9-5-8-13-23-3)26-18-16-25(17-19-26)15-12-21-10-6-4-7-11-21/h4-11,13-14,23H,12,15-20H2,1-3H3/b9-5-,13-8+,24-14-. The molecule has 4 heteroatoms. The van der Waals surface area contributed by atoms with Gasteiger partial charge < -0.3 is 10.2 Å². The minimum atomic E-state index is 0.108. The molecular formula is C22H34N4. The summed E-state index contributed by atoms with van der Waals surface area (Å²) < 4.78 is 0. The highest BCUT2D eigenvalue weighted by Gasteiger charge is 2.29. The zero-order valence-corrected chi connectivity index (χ0v) is 16.6. The van der Waals surface area contributed by atoms with E-state index in [4.69, 9.17) is 0 Å². The molecule has 0 unspecified atom stereocenters. The van der Waals surface area contributed by atoms with Crippen LogP contribution in [-0.2, 0) is 6.42 Å². The van der Waals surface area contributed by atoms with Crippen LogP contribution in [0, 0.1) is 0 Å². The van der Waals surface area contributed by atoms with Crippen LogP contribution in [-0.4, -0.2) is 67.9 Å². The van der Waals surface area contributed by atoms with Crippen LogP contribution in [0.25, 0.3) is 0 Å². The van der Waals surface area contributed by atoms with Crippen LogP contribution in [0.3, 0.4) is 0 Å². The van der Waals surface area contributed by atoms with E-state index in [1.165, 1.54) is 5.56 Å². The van der Waals surface area contributed by atoms with Gasteiger partial charge in [-0.05, 0) is 44.2 Å². The van der Waals surface area contributed by atoms with E-state index < -0.39 is 0 Å². The number of piperazine rings is 1. The smallest absolute Gasteiger partial charge is 0.0568 e. The highest BCUT2D eigenvalue weighted by molar-refractivity contribution is 5.71. The highest BCUT2D eigenvalue weighted by atomic mass is 15.3. The van der Waals surface area contributed by atoms with E-state index in [0.29, 0.717) is 0 Å². The molecule has 0 saturated carbocycles. The molecule has 1 heterocycles. The van der Waals surface area contributed by atoms with Crippen LogP contribution in [0.15, 0.2) is 59.8 Å². The van der Waals surface area contributed by atoms with Gasteiger partial charge in [-0.2, -0.15) is 0 Å². The first kappa shape index (κ1) is 20.4. The van der Waals surface area contributed by atoms with E-state index in [-0.39, 0.29) is 5.54 Å². The van der Waals surface area contributed by atoms with Gasteiger partial charge in [-0.1, -0.05) is 36.4 Å². The molecule has 1 aromatic carbocycles. The van der Waals surface area contributed by atoms with Crippen LogP contribution in [0.1, 0.15) is 19.4 Å². The van der Waals surface area contributed by atoms with Gasteiger partial charge in [0, 0.05) is 51.5 Å². The fourth-order valence-electron chi connectivity index (χ4n) is 3.21. The van der Waals surface area contributed by atoms with Crippen LogP contribution >= 0.6 is 0 Å². The summed E-state index contributed by atoms with van der Waals surface area (Å²) in [5, 5.41) is 2.96. The minimum Gasteiger partial charge on any atom is -0.394 e. The maximum atomic E-state index is 4.59. The second kappa shape index (κ2) is 10.9. The van der Waals surface area contributed by atoms with Crippen molar-refractivity contribution in [1.29, 1.82) is 0 Å². The Morgan fingerprint density at radius 1 is 1.04 bits per heavy atom. The van der Waals surface area contributed by atoms with Crippen LogP contribution < -0.4 is 5.32 Å². The molecule has 0 aliphatic carbocycles. The fourth-order valence-corrected chi connectivity index (χ4v) is 3.21. The van der Waals surface area contributed by atoms with Crippen molar-refractivity contribution >= 4 is 6.21 Å². The highest BCUT2D eigenvalue weighted by Crippen LogP contribution is 2.17. The predicted molar refractivity (Wildman–Crippen MR) is 113 cm³/mol. The minimum absolute atomic E-state index is 0.108. The van der Waals surface area contributed by atoms with Gasteiger partial charge in [0.1, 0.15) is 0 Å². The van der Waals surface area contributed by atoms with Gasteiger partial charge in [-0.15, -0.1) is 0 Å². The molecule has 1 aliphatic rings. The van der Waals surface area contributed by atoms with Crippen molar-refractivity contribution in [2.75, 3.05) is 46.3 Å². The average molecular weight is 355 g/mol. The molecule has 2 rings (SSSR count). The van der Waals surface area contributed by atoms with Gasteiger partial charge in [0.15, 0.2) is 0 Å². The van der Waals surface area contributed by atoms with Gasteiger partial charge in [-0.25, -0.2) is 0 Å². The summed E-state index contributed by atoms with van der Waals surface area (Å²) in [6.07, 6.45) is 10.9. The van der Waals surface area contributed by atoms with Crippen molar-refractivity contribution in [3.05, 3.63) is 60.3 Å². The normalized spacial score (nSPS) is 17.7. The van der Waals surface area contributed by atoms with Crippen molar-refractivity contribution in [3.8, 4) is 0 Å². The maximum Gasteiger partial charge on any atom is 0.0568 e. The third-order valence-electron chi connectivity index (χ3n) is 4.94. The Balaban J connectivity index is 1.70. The first-order valence-electron chi connectivity index (χ1n) is 9.62. The number of rotatable bonds is 9. The van der Waals surface area contributed by atoms with Crippen molar-refractivity contribution in [2.24, 2.45) is 4.99 Å². The zero-order chi connectivity index (χ0) is 18.7. The fraction of sp³-hybridized carbons (Fsp3) is 0.500. The van der Waals surface area contributed by atoms with Crippen molar-refractivity contribution in [3.63, 3.8) is 0 Å². The molecule has 4 nitrogen and oxygen atoms in total. The molecule has 0 radical (unpaired) electrons. The van der Waals surface area contributed by atoms with Gasteiger partial charge >= 0.3 is 0 Å². The Labute approximate surface area is 159 Å². The lowest BCUT2D eigenvalue weighted by molar-refractivity contribution is 0.0577. The number of nitrogens with one attached hydrogen (secondary N) is 1. The molecule has 1 aromatic rings. The summed E-state index contributed by atoms with van der Waals surface area (Å²) in [6.45, 7) is 11.1. The molecule has 142 valence electrons. The number of benzene rings is 1. The lowest BCUT2D eigenvalue weighted by Crippen LogP contribution is -2.56. The molecule has 1 N–H and O–H groups in total. The summed E-state index contributed by atoms with van der Waals surface area (Å²) in [6, 6.07) is 10.8. The SMILES string of the molecule is CN/C=C/C=C\C=N/CC(C)(C)N1CCN(CCc2ccccc2)CC1. The lowest BCUT2D eigenvalue weighted by atomic mass is 10.0. The van der Waals surface area contributed by atoms with E-state index in [2.05, 4.69) is 64.3 Å². The first-order chi connectivity index (χ1) is 12.6. The van der Waals surface area contributed by atoms with Gasteiger partial charge in [-0.3, -0.25) is 9.89 Å². The van der Waals surface area contributed by atoms with Gasteiger partial charge in [0.2, 0.25) is 0 Å². The third-order valence-corrected chi connectivity index (χ3v) is 4.94. The van der Waals surface area contributed by atoms with Gasteiger partial charge in [0.05, 0.1) is 6.54 Å². The number of hydrogen-bond donors (Lipinski definition) is 1. The molecule has 0 aromatic heterocycles. The van der Waals surface area contributed by atoms with E-state index in [1.54, 1.807) is 0 Å². The van der Waals surface area contributed by atoms with Crippen molar-refractivity contribution < 1.29 is 0 Å². The maximum absolute atomic E-state index is 4.59. The summed E-state index contributed by atoms with van der Waals surface area (Å²) in [5.41, 5.74) is 1.54. The molecular weight excluding hydrogens is 320 g/mol. The van der Waals surface area contributed by atoms with Crippen LogP contribution in [0.2, 0.25) is 0 Å². The van der Waals surface area contributed by atoms with Crippen LogP contribution in [0.5, 0.6) is 0 Å². The molecule has 0 bridgehead atoms. The average Bonchev–Trinajstić information content (AvgIpc) is 2.67. The van der Waals surface area contributed by atoms with E-state index in [0.717, 1.165) is 45.7 Å². The van der Waals surface area contributed by atoms with E-state index in [1.807, 2.05) is 37.7 Å². The predicted octanol–water partition coefficient (Wildman–Crippen LogP) is 2.99. The van der Waals surface area contributed by atoms with Crippen LogP contribution in [0.4, 0.5) is 0 Å². The molecule has 26 heavy (non-hydrogen) atoms. The van der Waals surface area contributed by atoms with Crippen molar-refractivity contribution in [2.45, 2.75) is 25.8 Å². The summed E-state index contributed by atoms with van der Waals surface area (Å²) >= 11 is 0. The number of allylic oxidation sites excluding steroid dienone is 3. The molecule has 0 atom stereocenters. The Morgan fingerprint density at radius 3 is 2.46 bits per heavy atom. The summed E-state index contributed by atoms with van der Waals surface area (Å²) in [4.78, 5) is 9.75. The lowest BCUT2D eigenvalue weighted by Gasteiger charge is -2.43. The Morgan fingerprint density at radius 2 is 1.77 bits per heavy atom. The Hall–Kier alpha value is -1.91. The molecule has 1 saturated heterocycles. The Bertz CT molecular complexity index is 581. The second-order valence-electron chi connectivity index (χ2n) is 7.40. The quantitative estimate of drug-likeness (QED) is 0.546. The van der Waals surface area contributed by atoms with E-state index >= 15 is 0 Å². The monoisotopic (exact) mass is 354 g/mol. The van der Waals surface area contributed by atoms with Crippen molar-refractivity contribution in [1.82, 2.24) is 15.1 Å². The van der Waals surface area contributed by atoms with Gasteiger partial charge in [0.25, 0.3) is 0 Å². The largest absolute Gasteiger partial charge is 0.394 e. The molecule has 0 spiro atoms. The zero-order valence-electron chi connectivity index (χ0n) is 16.6. The first-order valence-corrected chi connectivity index (χ1v) is 9.62.